The maximum absolute atomic E-state index is 6.12. The smallest absolute Gasteiger partial charge is 0.0462 e. The quantitative estimate of drug-likeness (QED) is 0.731. The summed E-state index contributed by atoms with van der Waals surface area (Å²) in [7, 11) is 1.74. The molecule has 17 heavy (non-hydrogen) atoms. The van der Waals surface area contributed by atoms with Gasteiger partial charge in [-0.1, -0.05) is 33.6 Å². The summed E-state index contributed by atoms with van der Waals surface area (Å²) in [6, 6.07) is 5.99. The van der Waals surface area contributed by atoms with Crippen molar-refractivity contribution in [3.8, 4) is 0 Å². The topological polar surface area (TPSA) is 21.3 Å². The van der Waals surface area contributed by atoms with Crippen molar-refractivity contribution in [3.63, 3.8) is 0 Å². The number of ether oxygens (including phenoxy) is 1. The molecule has 1 N–H and O–H groups in total. The van der Waals surface area contributed by atoms with Gasteiger partial charge in [-0.25, -0.2) is 0 Å². The zero-order valence-electron chi connectivity index (χ0n) is 10.1. The normalized spacial score (nSPS) is 10.8. The van der Waals surface area contributed by atoms with E-state index in [0.717, 1.165) is 41.2 Å². The Morgan fingerprint density at radius 2 is 2.12 bits per heavy atom. The molecule has 0 heterocycles. The van der Waals surface area contributed by atoms with Crippen LogP contribution in [0, 0.1) is 0 Å². The highest BCUT2D eigenvalue weighted by Gasteiger charge is 2.00. The molecular weight excluding hydrogens is 302 g/mol. The molecule has 0 unspecified atom stereocenters. The van der Waals surface area contributed by atoms with Gasteiger partial charge in [0.15, 0.2) is 0 Å². The van der Waals surface area contributed by atoms with E-state index in [1.54, 1.807) is 7.11 Å². The lowest BCUT2D eigenvalue weighted by molar-refractivity contribution is 0.192. The van der Waals surface area contributed by atoms with Crippen LogP contribution in [0.15, 0.2) is 22.7 Å². The van der Waals surface area contributed by atoms with Crippen LogP contribution in [0.3, 0.4) is 0 Å². The van der Waals surface area contributed by atoms with Crippen molar-refractivity contribution in [2.45, 2.75) is 25.8 Å². The van der Waals surface area contributed by atoms with Gasteiger partial charge in [-0.15, -0.1) is 0 Å². The Balaban J connectivity index is 2.14. The van der Waals surface area contributed by atoms with E-state index in [0.29, 0.717) is 0 Å². The first-order valence-electron chi connectivity index (χ1n) is 5.87. The van der Waals surface area contributed by atoms with Crippen molar-refractivity contribution in [2.24, 2.45) is 0 Å². The minimum Gasteiger partial charge on any atom is -0.385 e. The second kappa shape index (κ2) is 8.92. The fourth-order valence-corrected chi connectivity index (χ4v) is 2.30. The predicted octanol–water partition coefficient (Wildman–Crippen LogP) is 4.01. The summed E-state index contributed by atoms with van der Waals surface area (Å²) in [4.78, 5) is 0. The number of hydrogen-bond acceptors (Lipinski definition) is 2. The second-order valence-electron chi connectivity index (χ2n) is 3.97. The molecule has 0 aliphatic carbocycles. The molecule has 2 nitrogen and oxygen atoms in total. The highest BCUT2D eigenvalue weighted by atomic mass is 79.9. The first-order chi connectivity index (χ1) is 8.24. The SMILES string of the molecule is COCCCCCNCc1ccc(Br)cc1Cl. The Bertz CT molecular complexity index is 333. The summed E-state index contributed by atoms with van der Waals surface area (Å²) in [5.41, 5.74) is 1.15. The largest absolute Gasteiger partial charge is 0.385 e. The zero-order valence-corrected chi connectivity index (χ0v) is 12.5. The van der Waals surface area contributed by atoms with Crippen molar-refractivity contribution in [1.82, 2.24) is 5.32 Å². The highest BCUT2D eigenvalue weighted by molar-refractivity contribution is 9.10. The van der Waals surface area contributed by atoms with Gasteiger partial charge in [-0.3, -0.25) is 0 Å². The van der Waals surface area contributed by atoms with E-state index in [2.05, 4.69) is 21.2 Å². The molecule has 0 amide bonds. The third-order valence-corrected chi connectivity index (χ3v) is 3.38. The molecule has 0 spiro atoms. The number of nitrogens with one attached hydrogen (secondary N) is 1. The molecule has 0 atom stereocenters. The van der Waals surface area contributed by atoms with Crippen LogP contribution in [0.5, 0.6) is 0 Å². The third-order valence-electron chi connectivity index (χ3n) is 2.53. The number of benzene rings is 1. The van der Waals surface area contributed by atoms with Crippen LogP contribution in [-0.2, 0) is 11.3 Å². The van der Waals surface area contributed by atoms with Gasteiger partial charge in [0.1, 0.15) is 0 Å². The molecule has 96 valence electrons. The highest BCUT2D eigenvalue weighted by Crippen LogP contribution is 2.21. The van der Waals surface area contributed by atoms with Crippen LogP contribution in [0.2, 0.25) is 5.02 Å². The van der Waals surface area contributed by atoms with Crippen molar-refractivity contribution in [1.29, 1.82) is 0 Å². The fourth-order valence-electron chi connectivity index (χ4n) is 1.56. The summed E-state index contributed by atoms with van der Waals surface area (Å²) >= 11 is 9.52. The first-order valence-corrected chi connectivity index (χ1v) is 7.04. The number of halogens is 2. The summed E-state index contributed by atoms with van der Waals surface area (Å²) in [6.07, 6.45) is 3.52. The van der Waals surface area contributed by atoms with Crippen molar-refractivity contribution in [2.75, 3.05) is 20.3 Å². The molecule has 4 heteroatoms. The number of hydrogen-bond donors (Lipinski definition) is 1. The Hall–Kier alpha value is -0.0900. The monoisotopic (exact) mass is 319 g/mol. The molecule has 0 aliphatic rings. The van der Waals surface area contributed by atoms with Gasteiger partial charge in [0, 0.05) is 29.8 Å². The average Bonchev–Trinajstić information content (AvgIpc) is 2.30. The molecule has 1 aromatic rings. The van der Waals surface area contributed by atoms with Gasteiger partial charge in [0.2, 0.25) is 0 Å². The van der Waals surface area contributed by atoms with E-state index in [-0.39, 0.29) is 0 Å². The van der Waals surface area contributed by atoms with E-state index in [9.17, 15) is 0 Å². The number of unbranched alkanes of at least 4 members (excludes halogenated alkanes) is 2. The van der Waals surface area contributed by atoms with Crippen LogP contribution in [0.4, 0.5) is 0 Å². The first kappa shape index (κ1) is 15.0. The molecule has 0 radical (unpaired) electrons. The Labute approximate surface area is 117 Å². The van der Waals surface area contributed by atoms with E-state index in [1.807, 2.05) is 18.2 Å². The summed E-state index contributed by atoms with van der Waals surface area (Å²) < 4.78 is 6.02. The molecule has 0 saturated carbocycles. The summed E-state index contributed by atoms with van der Waals surface area (Å²) in [5, 5.41) is 4.21. The zero-order chi connectivity index (χ0) is 12.5. The lowest BCUT2D eigenvalue weighted by atomic mass is 10.2. The van der Waals surface area contributed by atoms with E-state index in [4.69, 9.17) is 16.3 Å². The molecule has 1 aromatic carbocycles. The molecule has 0 aliphatic heterocycles. The Morgan fingerprint density at radius 1 is 1.29 bits per heavy atom. The van der Waals surface area contributed by atoms with Crippen LogP contribution in [-0.4, -0.2) is 20.3 Å². The maximum Gasteiger partial charge on any atom is 0.0462 e. The number of rotatable bonds is 8. The molecular formula is C13H19BrClNO. The third kappa shape index (κ3) is 6.41. The van der Waals surface area contributed by atoms with Crippen molar-refractivity contribution >= 4 is 27.5 Å². The van der Waals surface area contributed by atoms with Gasteiger partial charge in [0.05, 0.1) is 0 Å². The predicted molar refractivity (Wildman–Crippen MR) is 76.6 cm³/mol. The molecule has 0 aromatic heterocycles. The van der Waals surface area contributed by atoms with Crippen LogP contribution < -0.4 is 5.32 Å². The van der Waals surface area contributed by atoms with Gasteiger partial charge >= 0.3 is 0 Å². The molecule has 1 rings (SSSR count). The average molecular weight is 321 g/mol. The van der Waals surface area contributed by atoms with Gasteiger partial charge in [-0.2, -0.15) is 0 Å². The minimum atomic E-state index is 0.811. The summed E-state index contributed by atoms with van der Waals surface area (Å²) in [6.45, 7) is 2.71. The minimum absolute atomic E-state index is 0.811. The lowest BCUT2D eigenvalue weighted by Gasteiger charge is -2.07. The Morgan fingerprint density at radius 3 is 2.82 bits per heavy atom. The fraction of sp³-hybridized carbons (Fsp3) is 0.538. The summed E-state index contributed by atoms with van der Waals surface area (Å²) in [5.74, 6) is 0. The molecule has 0 fully saturated rings. The van der Waals surface area contributed by atoms with Gasteiger partial charge in [-0.05, 0) is 43.5 Å². The number of methoxy groups -OCH3 is 1. The lowest BCUT2D eigenvalue weighted by Crippen LogP contribution is -2.15. The van der Waals surface area contributed by atoms with Crippen LogP contribution >= 0.6 is 27.5 Å². The van der Waals surface area contributed by atoms with Crippen molar-refractivity contribution in [3.05, 3.63) is 33.3 Å². The standard InChI is InChI=1S/C13H19BrClNO/c1-17-8-4-2-3-7-16-10-11-5-6-12(14)9-13(11)15/h5-6,9,16H,2-4,7-8,10H2,1H3. The second-order valence-corrected chi connectivity index (χ2v) is 5.29. The molecule has 0 bridgehead atoms. The van der Waals surface area contributed by atoms with Crippen molar-refractivity contribution < 1.29 is 4.74 Å². The van der Waals surface area contributed by atoms with E-state index < -0.39 is 0 Å². The van der Waals surface area contributed by atoms with Gasteiger partial charge < -0.3 is 10.1 Å². The maximum atomic E-state index is 6.12. The van der Waals surface area contributed by atoms with E-state index >= 15 is 0 Å². The van der Waals surface area contributed by atoms with Crippen LogP contribution in [0.25, 0.3) is 0 Å². The Kier molecular flexibility index (Phi) is 7.86. The van der Waals surface area contributed by atoms with E-state index in [1.165, 1.54) is 12.8 Å². The molecule has 0 saturated heterocycles. The van der Waals surface area contributed by atoms with Crippen LogP contribution in [0.1, 0.15) is 24.8 Å². The van der Waals surface area contributed by atoms with Gasteiger partial charge in [0.25, 0.3) is 0 Å².